The number of halogens is 1. The summed E-state index contributed by atoms with van der Waals surface area (Å²) in [5.74, 6) is -0.910. The molecule has 0 aliphatic carbocycles. The summed E-state index contributed by atoms with van der Waals surface area (Å²) in [4.78, 5) is 38.0. The summed E-state index contributed by atoms with van der Waals surface area (Å²) in [5.41, 5.74) is 1.49. The highest BCUT2D eigenvalue weighted by Gasteiger charge is 2.28. The van der Waals surface area contributed by atoms with Crippen LogP contribution in [-0.4, -0.2) is 54.3 Å². The third-order valence-corrected chi connectivity index (χ3v) is 5.15. The summed E-state index contributed by atoms with van der Waals surface area (Å²) in [6.45, 7) is 6.32. The first-order chi connectivity index (χ1) is 12.4. The van der Waals surface area contributed by atoms with Crippen molar-refractivity contribution in [2.45, 2.75) is 44.7 Å². The lowest BCUT2D eigenvalue weighted by atomic mass is 9.90. The Morgan fingerprint density at radius 3 is 2.59 bits per heavy atom. The standard InChI is InChI=1S/C19H26N4O3.BrH/c1-12-9-20-10-13(2)23(12)11-18(25)21-15-5-3-4-14(8-15)16-6-7-17(24)22-19(16)26;/h3-5,8,12-13,16,20H,6-7,9-11H2,1-2H3,(H,21,25)(H,22,24,26);1H/t12-,13+,16?;. The topological polar surface area (TPSA) is 90.5 Å². The van der Waals surface area contributed by atoms with E-state index < -0.39 is 0 Å². The van der Waals surface area contributed by atoms with E-state index in [1.54, 1.807) is 0 Å². The van der Waals surface area contributed by atoms with Crippen molar-refractivity contribution >= 4 is 40.4 Å². The van der Waals surface area contributed by atoms with Gasteiger partial charge >= 0.3 is 0 Å². The number of anilines is 1. The van der Waals surface area contributed by atoms with Crippen molar-refractivity contribution in [3.8, 4) is 0 Å². The molecule has 1 aromatic rings. The van der Waals surface area contributed by atoms with Crippen LogP contribution in [0.25, 0.3) is 0 Å². The Kier molecular flexibility index (Phi) is 7.52. The summed E-state index contributed by atoms with van der Waals surface area (Å²) in [6.07, 6.45) is 0.837. The largest absolute Gasteiger partial charge is 0.325 e. The SMILES string of the molecule is Br.C[C@@H]1CNC[C@H](C)N1CC(=O)Nc1cccc(C2CCC(=O)NC2=O)c1. The van der Waals surface area contributed by atoms with E-state index >= 15 is 0 Å². The van der Waals surface area contributed by atoms with Crippen LogP contribution >= 0.6 is 17.0 Å². The van der Waals surface area contributed by atoms with Gasteiger partial charge in [-0.15, -0.1) is 17.0 Å². The zero-order chi connectivity index (χ0) is 18.7. The fourth-order valence-electron chi connectivity index (χ4n) is 3.69. The Morgan fingerprint density at radius 2 is 1.93 bits per heavy atom. The summed E-state index contributed by atoms with van der Waals surface area (Å²) in [6, 6.07) is 7.93. The molecular formula is C19H27BrN4O3. The third-order valence-electron chi connectivity index (χ3n) is 5.15. The second-order valence-electron chi connectivity index (χ2n) is 7.21. The molecule has 2 fully saturated rings. The number of hydrogen-bond acceptors (Lipinski definition) is 5. The molecule has 3 rings (SSSR count). The first kappa shape index (κ1) is 21.5. The van der Waals surface area contributed by atoms with Gasteiger partial charge in [0.25, 0.3) is 0 Å². The van der Waals surface area contributed by atoms with Crippen molar-refractivity contribution in [3.05, 3.63) is 29.8 Å². The third kappa shape index (κ3) is 5.37. The lowest BCUT2D eigenvalue weighted by Gasteiger charge is -2.38. The van der Waals surface area contributed by atoms with E-state index in [1.807, 2.05) is 24.3 Å². The molecule has 27 heavy (non-hydrogen) atoms. The zero-order valence-electron chi connectivity index (χ0n) is 15.7. The minimum Gasteiger partial charge on any atom is -0.325 e. The quantitative estimate of drug-likeness (QED) is 0.618. The molecule has 7 nitrogen and oxygen atoms in total. The maximum Gasteiger partial charge on any atom is 0.238 e. The molecule has 2 aliphatic rings. The van der Waals surface area contributed by atoms with E-state index in [9.17, 15) is 14.4 Å². The van der Waals surface area contributed by atoms with Gasteiger partial charge in [-0.3, -0.25) is 24.6 Å². The number of piperazine rings is 1. The van der Waals surface area contributed by atoms with E-state index in [-0.39, 0.29) is 40.6 Å². The minimum absolute atomic E-state index is 0. The molecule has 3 amide bonds. The number of rotatable bonds is 4. The van der Waals surface area contributed by atoms with Gasteiger partial charge in [-0.2, -0.15) is 0 Å². The summed E-state index contributed by atoms with van der Waals surface area (Å²) in [5, 5.41) is 8.66. The van der Waals surface area contributed by atoms with Crippen molar-refractivity contribution in [1.29, 1.82) is 0 Å². The lowest BCUT2D eigenvalue weighted by molar-refractivity contribution is -0.134. The fourth-order valence-corrected chi connectivity index (χ4v) is 3.69. The highest BCUT2D eigenvalue weighted by molar-refractivity contribution is 8.93. The van der Waals surface area contributed by atoms with Gasteiger partial charge in [-0.05, 0) is 38.0 Å². The van der Waals surface area contributed by atoms with Crippen molar-refractivity contribution in [2.75, 3.05) is 25.0 Å². The molecule has 0 aromatic heterocycles. The maximum atomic E-state index is 12.5. The molecule has 3 N–H and O–H groups in total. The normalized spacial score (nSPS) is 26.1. The first-order valence-electron chi connectivity index (χ1n) is 9.14. The predicted molar refractivity (Wildman–Crippen MR) is 109 cm³/mol. The minimum atomic E-state index is -0.349. The monoisotopic (exact) mass is 438 g/mol. The Labute approximate surface area is 170 Å². The van der Waals surface area contributed by atoms with Crippen LogP contribution < -0.4 is 16.0 Å². The molecule has 2 heterocycles. The van der Waals surface area contributed by atoms with E-state index in [4.69, 9.17) is 0 Å². The Balaban J connectivity index is 0.00000261. The Hall–Kier alpha value is -1.77. The molecule has 1 unspecified atom stereocenters. The first-order valence-corrected chi connectivity index (χ1v) is 9.14. The van der Waals surface area contributed by atoms with Crippen molar-refractivity contribution in [2.24, 2.45) is 0 Å². The van der Waals surface area contributed by atoms with Gasteiger partial charge in [0.1, 0.15) is 0 Å². The highest BCUT2D eigenvalue weighted by Crippen LogP contribution is 2.26. The van der Waals surface area contributed by atoms with Crippen LogP contribution in [0.3, 0.4) is 0 Å². The predicted octanol–water partition coefficient (Wildman–Crippen LogP) is 1.41. The maximum absolute atomic E-state index is 12.5. The van der Waals surface area contributed by atoms with Gasteiger partial charge in [0, 0.05) is 37.3 Å². The van der Waals surface area contributed by atoms with Gasteiger partial charge < -0.3 is 10.6 Å². The second-order valence-corrected chi connectivity index (χ2v) is 7.21. The molecule has 0 bridgehead atoms. The Bertz CT molecular complexity index is 702. The number of nitrogens with zero attached hydrogens (tertiary/aromatic N) is 1. The van der Waals surface area contributed by atoms with Gasteiger partial charge in [-0.25, -0.2) is 0 Å². The number of benzene rings is 1. The second kappa shape index (κ2) is 9.43. The molecule has 2 saturated heterocycles. The van der Waals surface area contributed by atoms with Crippen molar-refractivity contribution in [1.82, 2.24) is 15.5 Å². The van der Waals surface area contributed by atoms with Crippen LogP contribution in [0.2, 0.25) is 0 Å². The molecule has 1 aromatic carbocycles. The fraction of sp³-hybridized carbons (Fsp3) is 0.526. The smallest absolute Gasteiger partial charge is 0.238 e. The van der Waals surface area contributed by atoms with E-state index in [0.717, 1.165) is 18.7 Å². The van der Waals surface area contributed by atoms with Crippen LogP contribution in [0.1, 0.15) is 38.2 Å². The molecule has 148 valence electrons. The van der Waals surface area contributed by atoms with Gasteiger partial charge in [-0.1, -0.05) is 12.1 Å². The number of piperidine rings is 1. The summed E-state index contributed by atoms with van der Waals surface area (Å²) >= 11 is 0. The van der Waals surface area contributed by atoms with Crippen LogP contribution in [0, 0.1) is 0 Å². The highest BCUT2D eigenvalue weighted by atomic mass is 79.9. The molecule has 0 spiro atoms. The lowest BCUT2D eigenvalue weighted by Crippen LogP contribution is -2.56. The average molecular weight is 439 g/mol. The van der Waals surface area contributed by atoms with Gasteiger partial charge in [0.15, 0.2) is 0 Å². The number of hydrogen-bond donors (Lipinski definition) is 3. The Morgan fingerprint density at radius 1 is 1.22 bits per heavy atom. The average Bonchev–Trinajstić information content (AvgIpc) is 2.58. The molecule has 3 atom stereocenters. The zero-order valence-corrected chi connectivity index (χ0v) is 17.4. The van der Waals surface area contributed by atoms with Crippen LogP contribution in [-0.2, 0) is 14.4 Å². The van der Waals surface area contributed by atoms with Crippen molar-refractivity contribution < 1.29 is 14.4 Å². The number of imide groups is 1. The molecule has 8 heteroatoms. The number of carbonyl (C=O) groups is 3. The van der Waals surface area contributed by atoms with Gasteiger partial charge in [0.05, 0.1) is 12.5 Å². The number of amides is 3. The van der Waals surface area contributed by atoms with Crippen LogP contribution in [0.15, 0.2) is 24.3 Å². The van der Waals surface area contributed by atoms with Gasteiger partial charge in [0.2, 0.25) is 17.7 Å². The molecular weight excluding hydrogens is 412 g/mol. The number of carbonyl (C=O) groups excluding carboxylic acids is 3. The van der Waals surface area contributed by atoms with E-state index in [2.05, 4.69) is 34.7 Å². The van der Waals surface area contributed by atoms with Crippen LogP contribution in [0.4, 0.5) is 5.69 Å². The van der Waals surface area contributed by atoms with E-state index in [0.29, 0.717) is 37.2 Å². The molecule has 2 aliphatic heterocycles. The van der Waals surface area contributed by atoms with Crippen LogP contribution in [0.5, 0.6) is 0 Å². The molecule has 0 saturated carbocycles. The van der Waals surface area contributed by atoms with E-state index in [1.165, 1.54) is 0 Å². The summed E-state index contributed by atoms with van der Waals surface area (Å²) in [7, 11) is 0. The van der Waals surface area contributed by atoms with Crippen molar-refractivity contribution in [3.63, 3.8) is 0 Å². The summed E-state index contributed by atoms with van der Waals surface area (Å²) < 4.78 is 0. The number of nitrogens with one attached hydrogen (secondary N) is 3. The molecule has 0 radical (unpaired) electrons.